The van der Waals surface area contributed by atoms with Crippen LogP contribution in [0.15, 0.2) is 54.7 Å². The van der Waals surface area contributed by atoms with Crippen molar-refractivity contribution >= 4 is 29.1 Å². The van der Waals surface area contributed by atoms with E-state index in [-0.39, 0.29) is 23.8 Å². The number of rotatable bonds is 3. The molecule has 2 aromatic carbocycles. The van der Waals surface area contributed by atoms with E-state index < -0.39 is 0 Å². The van der Waals surface area contributed by atoms with E-state index in [1.807, 2.05) is 36.4 Å². The highest BCUT2D eigenvalue weighted by Gasteiger charge is 2.21. The Kier molecular flexibility index (Phi) is 7.14. The second-order valence-corrected chi connectivity index (χ2v) is 9.35. The molecule has 0 unspecified atom stereocenters. The molecule has 0 saturated heterocycles. The highest BCUT2D eigenvalue weighted by molar-refractivity contribution is 5.98. The number of carbonyl (C=O) groups is 3. The highest BCUT2D eigenvalue weighted by atomic mass is 16.2. The van der Waals surface area contributed by atoms with Crippen molar-refractivity contribution in [1.82, 2.24) is 20.6 Å². The summed E-state index contributed by atoms with van der Waals surface area (Å²) >= 11 is 0. The number of fused-ring (bicyclic) bond motifs is 5. The van der Waals surface area contributed by atoms with Gasteiger partial charge >= 0.3 is 0 Å². The molecule has 1 aromatic heterocycles. The number of carbonyl (C=O) groups excluding carboxylic acids is 3. The fraction of sp³-hybridized carbons (Fsp3) is 0.286. The Labute approximate surface area is 215 Å². The van der Waals surface area contributed by atoms with Crippen LogP contribution in [0, 0.1) is 0 Å². The number of H-pyrrole nitrogens is 1. The average molecular weight is 499 g/mol. The third-order valence-corrected chi connectivity index (χ3v) is 6.57. The van der Waals surface area contributed by atoms with Gasteiger partial charge in [-0.15, -0.1) is 0 Å². The maximum absolute atomic E-state index is 13.2. The van der Waals surface area contributed by atoms with Gasteiger partial charge in [0.25, 0.3) is 5.91 Å². The molecule has 0 fully saturated rings. The van der Waals surface area contributed by atoms with Crippen LogP contribution < -0.4 is 21.3 Å². The first-order chi connectivity index (χ1) is 18.0. The van der Waals surface area contributed by atoms with Crippen LogP contribution in [0.1, 0.15) is 59.5 Å². The number of aromatic amines is 1. The van der Waals surface area contributed by atoms with Gasteiger partial charge in [0.2, 0.25) is 11.8 Å². The summed E-state index contributed by atoms with van der Waals surface area (Å²) in [7, 11) is 0. The van der Waals surface area contributed by atoms with Gasteiger partial charge in [-0.25, -0.2) is 4.98 Å². The monoisotopic (exact) mass is 498 g/mol. The van der Waals surface area contributed by atoms with Crippen molar-refractivity contribution in [2.45, 2.75) is 45.2 Å². The van der Waals surface area contributed by atoms with Crippen LogP contribution in [-0.4, -0.2) is 34.2 Å². The minimum Gasteiger partial charge on any atom is -0.342 e. The van der Waals surface area contributed by atoms with Gasteiger partial charge in [-0.2, -0.15) is 0 Å². The predicted molar refractivity (Wildman–Crippen MR) is 142 cm³/mol. The molecule has 9 nitrogen and oxygen atoms in total. The van der Waals surface area contributed by atoms with E-state index in [1.54, 1.807) is 18.3 Å². The quantitative estimate of drug-likeness (QED) is 0.351. The molecule has 190 valence electrons. The summed E-state index contributed by atoms with van der Waals surface area (Å²) in [4.78, 5) is 45.3. The zero-order valence-corrected chi connectivity index (χ0v) is 20.7. The van der Waals surface area contributed by atoms with Crippen molar-refractivity contribution in [2.75, 3.05) is 17.2 Å². The standard InChI is InChI=1S/C28H30N6O3/c1-17(35)31-21-9-10-22-24(14-21)32-26(36)6-4-2-3-5-23(27-30-16-25(22)33-27)34-28(37)19-7-8-20-15-29-12-11-18(20)13-19/h2-3,7-10,13-14,16,23,29H,4-6,11-12,15H2,1H3,(H,30,33)(H,31,35)(H,32,36)(H,34,37)/b3-2-/t23-/m0/s1. The van der Waals surface area contributed by atoms with Gasteiger partial charge in [0.15, 0.2) is 0 Å². The molecule has 1 atom stereocenters. The second kappa shape index (κ2) is 10.8. The molecule has 2 bridgehead atoms. The minimum atomic E-state index is -0.373. The van der Waals surface area contributed by atoms with Crippen molar-refractivity contribution in [3.8, 4) is 11.3 Å². The smallest absolute Gasteiger partial charge is 0.251 e. The fourth-order valence-corrected chi connectivity index (χ4v) is 4.69. The van der Waals surface area contributed by atoms with Gasteiger partial charge in [0, 0.05) is 36.7 Å². The van der Waals surface area contributed by atoms with Gasteiger partial charge in [0.1, 0.15) is 5.82 Å². The summed E-state index contributed by atoms with van der Waals surface area (Å²) in [5.74, 6) is 0.146. The molecule has 37 heavy (non-hydrogen) atoms. The molecular formula is C28H30N6O3. The maximum atomic E-state index is 13.2. The zero-order valence-electron chi connectivity index (χ0n) is 20.7. The van der Waals surface area contributed by atoms with E-state index in [1.165, 1.54) is 18.1 Å². The molecule has 9 heteroatoms. The number of anilines is 2. The first kappa shape index (κ1) is 24.5. The molecule has 2 aliphatic heterocycles. The van der Waals surface area contributed by atoms with Crippen LogP contribution in [0.2, 0.25) is 0 Å². The van der Waals surface area contributed by atoms with E-state index in [9.17, 15) is 14.4 Å². The highest BCUT2D eigenvalue weighted by Crippen LogP contribution is 2.31. The summed E-state index contributed by atoms with van der Waals surface area (Å²) in [5, 5.41) is 12.2. The molecule has 0 spiro atoms. The summed E-state index contributed by atoms with van der Waals surface area (Å²) in [6.45, 7) is 3.17. The van der Waals surface area contributed by atoms with Crippen LogP contribution in [-0.2, 0) is 22.6 Å². The number of amides is 3. The third kappa shape index (κ3) is 5.78. The Hall–Kier alpha value is -4.24. The molecule has 5 rings (SSSR count). The minimum absolute atomic E-state index is 0.127. The summed E-state index contributed by atoms with van der Waals surface area (Å²) in [6.07, 6.45) is 7.92. The Morgan fingerprint density at radius 3 is 2.81 bits per heavy atom. The van der Waals surface area contributed by atoms with Gasteiger partial charge < -0.3 is 26.3 Å². The number of aromatic nitrogens is 2. The fourth-order valence-electron chi connectivity index (χ4n) is 4.69. The normalized spacial score (nSPS) is 18.1. The molecule has 2 aliphatic rings. The van der Waals surface area contributed by atoms with E-state index in [2.05, 4.69) is 31.2 Å². The van der Waals surface area contributed by atoms with Crippen molar-refractivity contribution in [3.05, 3.63) is 77.3 Å². The lowest BCUT2D eigenvalue weighted by atomic mass is 9.98. The predicted octanol–water partition coefficient (Wildman–Crippen LogP) is 3.83. The Bertz CT molecular complexity index is 1380. The van der Waals surface area contributed by atoms with E-state index in [0.29, 0.717) is 47.7 Å². The molecule has 5 N–H and O–H groups in total. The van der Waals surface area contributed by atoms with Gasteiger partial charge in [-0.05, 0) is 67.3 Å². The SMILES string of the molecule is CC(=O)Nc1ccc2c(c1)NC(=O)CC/C=C\C[C@H](NC(=O)c1ccc3c(c1)CCNC3)c1ncc-2[nH]1. The zero-order chi connectivity index (χ0) is 25.8. The molecule has 0 radical (unpaired) electrons. The molecule has 3 aromatic rings. The first-order valence-corrected chi connectivity index (χ1v) is 12.5. The topological polar surface area (TPSA) is 128 Å². The Balaban J connectivity index is 1.44. The maximum Gasteiger partial charge on any atom is 0.251 e. The Morgan fingerprint density at radius 1 is 1.05 bits per heavy atom. The molecule has 3 amide bonds. The van der Waals surface area contributed by atoms with E-state index in [4.69, 9.17) is 0 Å². The Morgan fingerprint density at radius 2 is 1.95 bits per heavy atom. The van der Waals surface area contributed by atoms with Gasteiger partial charge in [-0.3, -0.25) is 14.4 Å². The number of hydrogen-bond donors (Lipinski definition) is 5. The number of benzene rings is 2. The van der Waals surface area contributed by atoms with Gasteiger partial charge in [-0.1, -0.05) is 18.2 Å². The first-order valence-electron chi connectivity index (χ1n) is 12.5. The lowest BCUT2D eigenvalue weighted by Gasteiger charge is -2.19. The number of nitrogens with zero attached hydrogens (tertiary/aromatic N) is 1. The third-order valence-electron chi connectivity index (χ3n) is 6.57. The number of hydrogen-bond acceptors (Lipinski definition) is 5. The average Bonchev–Trinajstić information content (AvgIpc) is 3.37. The summed E-state index contributed by atoms with van der Waals surface area (Å²) < 4.78 is 0. The van der Waals surface area contributed by atoms with Crippen LogP contribution in [0.25, 0.3) is 11.3 Å². The number of nitrogens with one attached hydrogen (secondary N) is 5. The summed E-state index contributed by atoms with van der Waals surface area (Å²) in [6, 6.07) is 10.8. The van der Waals surface area contributed by atoms with Crippen LogP contribution in [0.5, 0.6) is 0 Å². The molecule has 0 aliphatic carbocycles. The van der Waals surface area contributed by atoms with Crippen molar-refractivity contribution < 1.29 is 14.4 Å². The van der Waals surface area contributed by atoms with Gasteiger partial charge in [0.05, 0.1) is 23.6 Å². The van der Waals surface area contributed by atoms with Crippen molar-refractivity contribution in [2.24, 2.45) is 0 Å². The van der Waals surface area contributed by atoms with Crippen LogP contribution in [0.4, 0.5) is 11.4 Å². The van der Waals surface area contributed by atoms with Crippen molar-refractivity contribution in [1.29, 1.82) is 0 Å². The van der Waals surface area contributed by atoms with Crippen LogP contribution >= 0.6 is 0 Å². The van der Waals surface area contributed by atoms with E-state index >= 15 is 0 Å². The summed E-state index contributed by atoms with van der Waals surface area (Å²) in [5.41, 5.74) is 5.65. The lowest BCUT2D eigenvalue weighted by molar-refractivity contribution is -0.116. The second-order valence-electron chi connectivity index (χ2n) is 9.35. The van der Waals surface area contributed by atoms with Crippen molar-refractivity contribution in [3.63, 3.8) is 0 Å². The van der Waals surface area contributed by atoms with Crippen LogP contribution in [0.3, 0.4) is 0 Å². The molecular weight excluding hydrogens is 468 g/mol. The lowest BCUT2D eigenvalue weighted by Crippen LogP contribution is -2.30. The number of allylic oxidation sites excluding steroid dienone is 1. The van der Waals surface area contributed by atoms with E-state index in [0.717, 1.165) is 25.1 Å². The number of imidazole rings is 1. The largest absolute Gasteiger partial charge is 0.342 e. The molecule has 0 saturated carbocycles. The molecule has 3 heterocycles.